The molecule has 0 aliphatic heterocycles. The van der Waals surface area contributed by atoms with Crippen molar-refractivity contribution in [2.45, 2.75) is 12.7 Å². The van der Waals surface area contributed by atoms with Crippen LogP contribution in [0.1, 0.15) is 17.0 Å². The Kier molecular flexibility index (Phi) is 4.50. The fourth-order valence-electron chi connectivity index (χ4n) is 2.05. The molecule has 0 fully saturated rings. The second-order valence-electron chi connectivity index (χ2n) is 5.01. The van der Waals surface area contributed by atoms with Gasteiger partial charge in [0, 0.05) is 17.3 Å². The first-order chi connectivity index (χ1) is 12.0. The van der Waals surface area contributed by atoms with Crippen LogP contribution < -0.4 is 0 Å². The molecule has 2 aromatic heterocycles. The maximum absolute atomic E-state index is 12.5. The van der Waals surface area contributed by atoms with E-state index in [1.807, 2.05) is 0 Å². The molecule has 2 heterocycles. The third-order valence-corrected chi connectivity index (χ3v) is 3.19. The Bertz CT molecular complexity index is 868. The van der Waals surface area contributed by atoms with Gasteiger partial charge in [-0.1, -0.05) is 34.6 Å². The molecule has 0 N–H and O–H groups in total. The number of oxime groups is 1. The summed E-state index contributed by atoms with van der Waals surface area (Å²) in [5.41, 5.74) is 2.11. The van der Waals surface area contributed by atoms with Gasteiger partial charge in [0.25, 0.3) is 0 Å². The minimum atomic E-state index is -4.66. The van der Waals surface area contributed by atoms with E-state index in [0.717, 1.165) is 11.1 Å². The van der Waals surface area contributed by atoms with Crippen LogP contribution >= 0.6 is 0 Å². The van der Waals surface area contributed by atoms with Gasteiger partial charge in [0.15, 0.2) is 0 Å². The fraction of sp³-hybridized carbons (Fsp3) is 0.200. The van der Waals surface area contributed by atoms with Gasteiger partial charge < -0.3 is 9.36 Å². The highest BCUT2D eigenvalue weighted by molar-refractivity contribution is 5.78. The van der Waals surface area contributed by atoms with Crippen molar-refractivity contribution < 1.29 is 22.5 Å². The SMILES string of the molecule is CON=Cc1cnn(Cc2ccc(-c3noc(C(F)(F)F)n3)cc2)c1. The van der Waals surface area contributed by atoms with E-state index in [9.17, 15) is 13.2 Å². The van der Waals surface area contributed by atoms with Crippen LogP contribution in [-0.2, 0) is 17.6 Å². The number of nitrogens with zero attached hydrogens (tertiary/aromatic N) is 5. The predicted molar refractivity (Wildman–Crippen MR) is 80.7 cm³/mol. The second kappa shape index (κ2) is 6.75. The normalized spacial score (nSPS) is 12.0. The molecule has 3 aromatic rings. The molecule has 3 rings (SSSR count). The topological polar surface area (TPSA) is 78.3 Å². The predicted octanol–water partition coefficient (Wildman–Crippen LogP) is 2.98. The van der Waals surface area contributed by atoms with Crippen LogP contribution in [0.15, 0.2) is 46.3 Å². The zero-order chi connectivity index (χ0) is 17.9. The third-order valence-electron chi connectivity index (χ3n) is 3.19. The molecule has 10 heteroatoms. The molecular weight excluding hydrogens is 339 g/mol. The zero-order valence-corrected chi connectivity index (χ0v) is 12.9. The summed E-state index contributed by atoms with van der Waals surface area (Å²) in [6.45, 7) is 0.487. The monoisotopic (exact) mass is 351 g/mol. The number of alkyl halides is 3. The number of halogens is 3. The van der Waals surface area contributed by atoms with Gasteiger partial charge in [0.1, 0.15) is 7.11 Å². The largest absolute Gasteiger partial charge is 0.471 e. The molecule has 1 aromatic carbocycles. The standard InChI is InChI=1S/C15H12F3N5O2/c1-24-20-7-11-6-19-23(9-11)8-10-2-4-12(5-3-10)13-21-14(25-22-13)15(16,17)18/h2-7,9H,8H2,1H3. The van der Waals surface area contributed by atoms with E-state index in [2.05, 4.69) is 29.8 Å². The van der Waals surface area contributed by atoms with E-state index in [0.29, 0.717) is 12.1 Å². The number of hydrogen-bond donors (Lipinski definition) is 0. The highest BCUT2D eigenvalue weighted by Gasteiger charge is 2.38. The lowest BCUT2D eigenvalue weighted by atomic mass is 10.1. The average molecular weight is 351 g/mol. The van der Waals surface area contributed by atoms with Crippen molar-refractivity contribution >= 4 is 6.21 Å². The minimum absolute atomic E-state index is 0.115. The summed E-state index contributed by atoms with van der Waals surface area (Å²) in [5.74, 6) is -1.48. The van der Waals surface area contributed by atoms with Crippen LogP contribution in [0, 0.1) is 0 Å². The average Bonchev–Trinajstić information content (AvgIpc) is 3.23. The summed E-state index contributed by atoms with van der Waals surface area (Å²) in [5, 5.41) is 11.2. The van der Waals surface area contributed by atoms with Gasteiger partial charge in [-0.05, 0) is 5.56 Å². The highest BCUT2D eigenvalue weighted by atomic mass is 19.4. The van der Waals surface area contributed by atoms with Crippen molar-refractivity contribution in [3.05, 3.63) is 53.7 Å². The fourth-order valence-corrected chi connectivity index (χ4v) is 2.05. The molecule has 0 aliphatic carbocycles. The van der Waals surface area contributed by atoms with Gasteiger partial charge >= 0.3 is 12.1 Å². The van der Waals surface area contributed by atoms with Crippen LogP contribution in [-0.4, -0.2) is 33.2 Å². The van der Waals surface area contributed by atoms with E-state index >= 15 is 0 Å². The number of rotatable bonds is 5. The summed E-state index contributed by atoms with van der Waals surface area (Å²) in [7, 11) is 1.45. The van der Waals surface area contributed by atoms with Crippen molar-refractivity contribution in [3.63, 3.8) is 0 Å². The van der Waals surface area contributed by atoms with Crippen molar-refractivity contribution in [1.29, 1.82) is 0 Å². The molecule has 0 unspecified atom stereocenters. The number of hydrogen-bond acceptors (Lipinski definition) is 6. The molecule has 25 heavy (non-hydrogen) atoms. The van der Waals surface area contributed by atoms with Gasteiger partial charge in [0.05, 0.1) is 19.0 Å². The van der Waals surface area contributed by atoms with Gasteiger partial charge in [-0.25, -0.2) is 0 Å². The van der Waals surface area contributed by atoms with Crippen LogP contribution in [0.3, 0.4) is 0 Å². The second-order valence-corrected chi connectivity index (χ2v) is 5.01. The van der Waals surface area contributed by atoms with E-state index < -0.39 is 12.1 Å². The molecule has 0 bridgehead atoms. The van der Waals surface area contributed by atoms with Crippen LogP contribution in [0.25, 0.3) is 11.4 Å². The first-order valence-corrected chi connectivity index (χ1v) is 7.05. The number of benzene rings is 1. The van der Waals surface area contributed by atoms with Crippen LogP contribution in [0.2, 0.25) is 0 Å². The van der Waals surface area contributed by atoms with E-state index in [-0.39, 0.29) is 5.82 Å². The summed E-state index contributed by atoms with van der Waals surface area (Å²) in [4.78, 5) is 7.94. The Morgan fingerprint density at radius 3 is 2.68 bits per heavy atom. The van der Waals surface area contributed by atoms with Gasteiger partial charge in [-0.3, -0.25) is 4.68 Å². The highest BCUT2D eigenvalue weighted by Crippen LogP contribution is 2.29. The minimum Gasteiger partial charge on any atom is -0.399 e. The number of aromatic nitrogens is 4. The summed E-state index contributed by atoms with van der Waals surface area (Å²) in [6.07, 6.45) is 0.288. The molecule has 0 saturated carbocycles. The van der Waals surface area contributed by atoms with Gasteiger partial charge in [-0.2, -0.15) is 23.3 Å². The van der Waals surface area contributed by atoms with E-state index in [1.54, 1.807) is 41.3 Å². The van der Waals surface area contributed by atoms with Crippen LogP contribution in [0.4, 0.5) is 13.2 Å². The smallest absolute Gasteiger partial charge is 0.399 e. The maximum Gasteiger partial charge on any atom is 0.471 e. The third kappa shape index (κ3) is 4.03. The Morgan fingerprint density at radius 2 is 2.04 bits per heavy atom. The molecular formula is C15H12F3N5O2. The molecule has 0 atom stereocenters. The summed E-state index contributed by atoms with van der Waals surface area (Å²) < 4.78 is 43.4. The van der Waals surface area contributed by atoms with Crippen LogP contribution in [0.5, 0.6) is 0 Å². The van der Waals surface area contributed by atoms with Crippen molar-refractivity contribution in [1.82, 2.24) is 19.9 Å². The summed E-state index contributed by atoms with van der Waals surface area (Å²) >= 11 is 0. The van der Waals surface area contributed by atoms with Crippen molar-refractivity contribution in [3.8, 4) is 11.4 Å². The Labute approximate surface area is 139 Å². The first kappa shape index (κ1) is 16.7. The molecule has 0 amide bonds. The van der Waals surface area contributed by atoms with Crippen molar-refractivity contribution in [2.24, 2.45) is 5.16 Å². The molecule has 130 valence electrons. The lowest BCUT2D eigenvalue weighted by Crippen LogP contribution is -2.04. The lowest BCUT2D eigenvalue weighted by Gasteiger charge is -2.02. The Hall–Kier alpha value is -3.17. The molecule has 0 radical (unpaired) electrons. The van der Waals surface area contributed by atoms with Gasteiger partial charge in [-0.15, -0.1) is 0 Å². The van der Waals surface area contributed by atoms with E-state index in [1.165, 1.54) is 13.3 Å². The molecule has 0 spiro atoms. The van der Waals surface area contributed by atoms with E-state index in [4.69, 9.17) is 0 Å². The Morgan fingerprint density at radius 1 is 1.28 bits per heavy atom. The molecule has 0 aliphatic rings. The van der Waals surface area contributed by atoms with Crippen molar-refractivity contribution in [2.75, 3.05) is 7.11 Å². The maximum atomic E-state index is 12.5. The molecule has 0 saturated heterocycles. The van der Waals surface area contributed by atoms with Gasteiger partial charge in [0.2, 0.25) is 5.82 Å². The first-order valence-electron chi connectivity index (χ1n) is 7.05. The quantitative estimate of drug-likeness (QED) is 0.522. The molecule has 7 nitrogen and oxygen atoms in total. The lowest BCUT2D eigenvalue weighted by molar-refractivity contribution is -0.159. The zero-order valence-electron chi connectivity index (χ0n) is 12.9. The summed E-state index contributed by atoms with van der Waals surface area (Å²) in [6, 6.07) is 6.75. The Balaban J connectivity index is 1.71.